The second-order valence-electron chi connectivity index (χ2n) is 4.27. The molecule has 1 aromatic carbocycles. The third kappa shape index (κ3) is 2.62. The first-order chi connectivity index (χ1) is 9.72. The number of aromatic nitrogens is 3. The van der Waals surface area contributed by atoms with E-state index in [1.165, 1.54) is 0 Å². The van der Waals surface area contributed by atoms with Crippen molar-refractivity contribution in [3.63, 3.8) is 0 Å². The summed E-state index contributed by atoms with van der Waals surface area (Å²) in [6, 6.07) is 11.0. The molecule has 0 aliphatic heterocycles. The Labute approximate surface area is 120 Å². The predicted octanol–water partition coefficient (Wildman–Crippen LogP) is 2.96. The van der Waals surface area contributed by atoms with Gasteiger partial charge in [-0.3, -0.25) is 4.98 Å². The molecule has 6 heteroatoms. The predicted molar refractivity (Wildman–Crippen MR) is 76.2 cm³/mol. The summed E-state index contributed by atoms with van der Waals surface area (Å²) in [5, 5.41) is 4.39. The Kier molecular flexibility index (Phi) is 3.35. The molecule has 0 atom stereocenters. The van der Waals surface area contributed by atoms with Gasteiger partial charge in [0.1, 0.15) is 5.69 Å². The highest BCUT2D eigenvalue weighted by atomic mass is 35.5. The van der Waals surface area contributed by atoms with E-state index >= 15 is 0 Å². The molecule has 3 aromatic rings. The number of benzene rings is 1. The number of nitrogens with zero attached hydrogens (tertiary/aromatic N) is 3. The van der Waals surface area contributed by atoms with Crippen LogP contribution in [0.1, 0.15) is 11.5 Å². The summed E-state index contributed by atoms with van der Waals surface area (Å²) in [6.07, 6.45) is 2.15. The molecule has 20 heavy (non-hydrogen) atoms. The Bertz CT molecular complexity index is 741. The lowest BCUT2D eigenvalue weighted by molar-refractivity contribution is 0.385. The minimum Gasteiger partial charge on any atom is -0.399 e. The summed E-state index contributed by atoms with van der Waals surface area (Å²) < 4.78 is 5.22. The number of anilines is 1. The fourth-order valence-electron chi connectivity index (χ4n) is 1.85. The molecule has 0 saturated heterocycles. The number of rotatable bonds is 3. The second-order valence-corrected chi connectivity index (χ2v) is 4.67. The van der Waals surface area contributed by atoms with Crippen LogP contribution in [0.5, 0.6) is 0 Å². The summed E-state index contributed by atoms with van der Waals surface area (Å²) >= 11 is 6.05. The van der Waals surface area contributed by atoms with Crippen molar-refractivity contribution in [2.24, 2.45) is 0 Å². The monoisotopic (exact) mass is 286 g/mol. The van der Waals surface area contributed by atoms with E-state index in [0.29, 0.717) is 34.5 Å². The van der Waals surface area contributed by atoms with Gasteiger partial charge in [-0.2, -0.15) is 4.98 Å². The lowest BCUT2D eigenvalue weighted by atomic mass is 10.1. The highest BCUT2D eigenvalue weighted by molar-refractivity contribution is 6.32. The maximum absolute atomic E-state index is 6.05. The summed E-state index contributed by atoms with van der Waals surface area (Å²) in [7, 11) is 0. The van der Waals surface area contributed by atoms with Gasteiger partial charge in [-0.15, -0.1) is 0 Å². The van der Waals surface area contributed by atoms with Gasteiger partial charge in [-0.25, -0.2) is 0 Å². The summed E-state index contributed by atoms with van der Waals surface area (Å²) in [5.41, 5.74) is 7.96. The van der Waals surface area contributed by atoms with Gasteiger partial charge >= 0.3 is 0 Å². The minimum atomic E-state index is 0.384. The van der Waals surface area contributed by atoms with Crippen molar-refractivity contribution in [1.82, 2.24) is 15.1 Å². The Hall–Kier alpha value is -2.40. The average Bonchev–Trinajstić information content (AvgIpc) is 2.87. The lowest BCUT2D eigenvalue weighted by Crippen LogP contribution is -1.92. The quantitative estimate of drug-likeness (QED) is 0.749. The fourth-order valence-corrected chi connectivity index (χ4v) is 2.06. The van der Waals surface area contributed by atoms with Gasteiger partial charge in [-0.1, -0.05) is 28.9 Å². The van der Waals surface area contributed by atoms with Crippen LogP contribution in [-0.4, -0.2) is 15.1 Å². The number of pyridine rings is 1. The van der Waals surface area contributed by atoms with Crippen LogP contribution in [0.25, 0.3) is 11.5 Å². The molecule has 0 aliphatic carbocycles. The van der Waals surface area contributed by atoms with Crippen LogP contribution < -0.4 is 5.73 Å². The second kappa shape index (κ2) is 5.30. The van der Waals surface area contributed by atoms with E-state index in [1.54, 1.807) is 18.3 Å². The van der Waals surface area contributed by atoms with E-state index in [-0.39, 0.29) is 0 Å². The van der Waals surface area contributed by atoms with Crippen molar-refractivity contribution < 1.29 is 4.52 Å². The minimum absolute atomic E-state index is 0.384. The Morgan fingerprint density at radius 2 is 2.10 bits per heavy atom. The molecule has 0 radical (unpaired) electrons. The van der Waals surface area contributed by atoms with Crippen LogP contribution in [0.3, 0.4) is 0 Å². The lowest BCUT2D eigenvalue weighted by Gasteiger charge is -1.98. The molecule has 100 valence electrons. The van der Waals surface area contributed by atoms with Gasteiger partial charge in [-0.05, 0) is 29.8 Å². The van der Waals surface area contributed by atoms with Gasteiger partial charge in [0.2, 0.25) is 11.7 Å². The SMILES string of the molecule is Nc1cccc(Cc2nc(-c3ncccc3Cl)no2)c1. The van der Waals surface area contributed by atoms with Crippen LogP contribution in [-0.2, 0) is 6.42 Å². The van der Waals surface area contributed by atoms with Crippen molar-refractivity contribution >= 4 is 17.3 Å². The third-order valence-corrected chi connectivity index (χ3v) is 3.05. The molecule has 0 fully saturated rings. The van der Waals surface area contributed by atoms with Crippen LogP contribution in [0.15, 0.2) is 47.1 Å². The molecular weight excluding hydrogens is 276 g/mol. The van der Waals surface area contributed by atoms with Gasteiger partial charge in [0.05, 0.1) is 11.4 Å². The van der Waals surface area contributed by atoms with Gasteiger partial charge < -0.3 is 10.3 Å². The Morgan fingerprint density at radius 1 is 1.20 bits per heavy atom. The van der Waals surface area contributed by atoms with Crippen molar-refractivity contribution in [3.05, 3.63) is 59.1 Å². The maximum atomic E-state index is 6.05. The summed E-state index contributed by atoms with van der Waals surface area (Å²) in [4.78, 5) is 8.45. The number of nitrogen functional groups attached to an aromatic ring is 1. The molecule has 0 bridgehead atoms. The maximum Gasteiger partial charge on any atom is 0.231 e. The molecule has 0 amide bonds. The molecule has 2 heterocycles. The smallest absolute Gasteiger partial charge is 0.231 e. The molecule has 0 spiro atoms. The zero-order valence-electron chi connectivity index (χ0n) is 10.5. The van der Waals surface area contributed by atoms with E-state index in [0.717, 1.165) is 5.56 Å². The van der Waals surface area contributed by atoms with E-state index in [4.69, 9.17) is 21.9 Å². The normalized spacial score (nSPS) is 10.7. The number of halogens is 1. The molecule has 3 rings (SSSR count). The standard InChI is InChI=1S/C14H11ClN4O/c15-11-5-2-6-17-13(11)14-18-12(20-19-14)8-9-3-1-4-10(16)7-9/h1-7H,8,16H2. The van der Waals surface area contributed by atoms with Crippen molar-refractivity contribution in [2.45, 2.75) is 6.42 Å². The molecule has 5 nitrogen and oxygen atoms in total. The topological polar surface area (TPSA) is 77.8 Å². The van der Waals surface area contributed by atoms with Crippen LogP contribution >= 0.6 is 11.6 Å². The zero-order chi connectivity index (χ0) is 13.9. The third-order valence-electron chi connectivity index (χ3n) is 2.74. The van der Waals surface area contributed by atoms with Gasteiger partial charge in [0.25, 0.3) is 0 Å². The fraction of sp³-hybridized carbons (Fsp3) is 0.0714. The molecular formula is C14H11ClN4O. The first kappa shape index (κ1) is 12.6. The number of hydrogen-bond acceptors (Lipinski definition) is 5. The van der Waals surface area contributed by atoms with E-state index < -0.39 is 0 Å². The summed E-state index contributed by atoms with van der Waals surface area (Å²) in [5.74, 6) is 0.877. The Morgan fingerprint density at radius 3 is 2.90 bits per heavy atom. The van der Waals surface area contributed by atoms with E-state index in [2.05, 4.69) is 15.1 Å². The number of nitrogens with two attached hydrogens (primary N) is 1. The van der Waals surface area contributed by atoms with E-state index in [9.17, 15) is 0 Å². The molecule has 0 unspecified atom stereocenters. The Balaban J connectivity index is 1.86. The van der Waals surface area contributed by atoms with E-state index in [1.807, 2.05) is 24.3 Å². The first-order valence-electron chi connectivity index (χ1n) is 6.00. The van der Waals surface area contributed by atoms with Gasteiger partial charge in [0.15, 0.2) is 0 Å². The van der Waals surface area contributed by atoms with Crippen LogP contribution in [0.4, 0.5) is 5.69 Å². The van der Waals surface area contributed by atoms with Crippen molar-refractivity contribution in [1.29, 1.82) is 0 Å². The molecule has 0 saturated carbocycles. The summed E-state index contributed by atoms with van der Waals surface area (Å²) in [6.45, 7) is 0. The first-order valence-corrected chi connectivity index (χ1v) is 6.38. The molecule has 2 N–H and O–H groups in total. The van der Waals surface area contributed by atoms with Crippen molar-refractivity contribution in [2.75, 3.05) is 5.73 Å². The zero-order valence-corrected chi connectivity index (χ0v) is 11.2. The highest BCUT2D eigenvalue weighted by Gasteiger charge is 2.13. The average molecular weight is 287 g/mol. The molecule has 2 aromatic heterocycles. The molecule has 0 aliphatic rings. The largest absolute Gasteiger partial charge is 0.399 e. The van der Waals surface area contributed by atoms with Gasteiger partial charge in [0, 0.05) is 11.9 Å². The number of hydrogen-bond donors (Lipinski definition) is 1. The van der Waals surface area contributed by atoms with Crippen molar-refractivity contribution in [3.8, 4) is 11.5 Å². The van der Waals surface area contributed by atoms with Crippen LogP contribution in [0.2, 0.25) is 5.02 Å². The highest BCUT2D eigenvalue weighted by Crippen LogP contribution is 2.23. The van der Waals surface area contributed by atoms with Crippen LogP contribution in [0, 0.1) is 0 Å².